The minimum absolute atomic E-state index is 0.0707. The number of sulfonamides is 1. The SMILES string of the molecule is Cc1ccc(NC(=O)COC(=O)CNC(=O)CCC(C)C)cc1S(=O)(=O)N(C)C. The van der Waals surface area contributed by atoms with Crippen LogP contribution >= 0.6 is 0 Å². The number of anilines is 1. The molecule has 162 valence electrons. The van der Waals surface area contributed by atoms with Gasteiger partial charge < -0.3 is 15.4 Å². The lowest BCUT2D eigenvalue weighted by molar-refractivity contribution is -0.147. The largest absolute Gasteiger partial charge is 0.454 e. The molecule has 0 saturated carbocycles. The highest BCUT2D eigenvalue weighted by molar-refractivity contribution is 7.89. The Balaban J connectivity index is 2.55. The fourth-order valence-electron chi connectivity index (χ4n) is 2.23. The number of carbonyl (C=O) groups is 3. The lowest BCUT2D eigenvalue weighted by Crippen LogP contribution is -2.32. The van der Waals surface area contributed by atoms with Gasteiger partial charge in [-0.25, -0.2) is 12.7 Å². The second-order valence-electron chi connectivity index (χ2n) is 7.19. The first-order chi connectivity index (χ1) is 13.4. The fourth-order valence-corrected chi connectivity index (χ4v) is 3.37. The van der Waals surface area contributed by atoms with Crippen molar-refractivity contribution >= 4 is 33.5 Å². The van der Waals surface area contributed by atoms with Gasteiger partial charge in [0, 0.05) is 26.2 Å². The van der Waals surface area contributed by atoms with Crippen LogP contribution in [0, 0.1) is 12.8 Å². The highest BCUT2D eigenvalue weighted by Crippen LogP contribution is 2.22. The molecule has 0 aliphatic rings. The number of rotatable bonds is 10. The first kappa shape index (κ1) is 24.6. The number of ether oxygens (including phenoxy) is 1. The molecule has 0 spiro atoms. The molecule has 0 fully saturated rings. The molecule has 2 amide bonds. The minimum atomic E-state index is -3.66. The van der Waals surface area contributed by atoms with Gasteiger partial charge in [0.2, 0.25) is 15.9 Å². The molecule has 0 atom stereocenters. The second-order valence-corrected chi connectivity index (χ2v) is 9.31. The van der Waals surface area contributed by atoms with Crippen molar-refractivity contribution in [1.29, 1.82) is 0 Å². The van der Waals surface area contributed by atoms with E-state index >= 15 is 0 Å². The topological polar surface area (TPSA) is 122 Å². The zero-order valence-corrected chi connectivity index (χ0v) is 18.3. The molecule has 0 unspecified atom stereocenters. The van der Waals surface area contributed by atoms with Crippen molar-refractivity contribution in [2.75, 3.05) is 32.6 Å². The predicted molar refractivity (Wildman–Crippen MR) is 109 cm³/mol. The van der Waals surface area contributed by atoms with Crippen LogP contribution in [0.2, 0.25) is 0 Å². The number of hydrogen-bond acceptors (Lipinski definition) is 6. The van der Waals surface area contributed by atoms with E-state index < -0.39 is 28.5 Å². The van der Waals surface area contributed by atoms with Crippen LogP contribution in [-0.4, -0.2) is 57.8 Å². The van der Waals surface area contributed by atoms with Crippen LogP contribution in [0.15, 0.2) is 23.1 Å². The molecule has 0 aliphatic heterocycles. The van der Waals surface area contributed by atoms with E-state index in [0.717, 1.165) is 4.31 Å². The quantitative estimate of drug-likeness (QED) is 0.543. The molecule has 29 heavy (non-hydrogen) atoms. The minimum Gasteiger partial charge on any atom is -0.454 e. The third kappa shape index (κ3) is 8.20. The Bertz CT molecular complexity index is 850. The van der Waals surface area contributed by atoms with E-state index in [2.05, 4.69) is 10.6 Å². The van der Waals surface area contributed by atoms with Crippen molar-refractivity contribution in [2.24, 2.45) is 5.92 Å². The Kier molecular flexibility index (Phi) is 9.25. The molecule has 0 saturated heterocycles. The summed E-state index contributed by atoms with van der Waals surface area (Å²) < 4.78 is 30.6. The zero-order chi connectivity index (χ0) is 22.2. The van der Waals surface area contributed by atoms with Gasteiger partial charge in [0.05, 0.1) is 4.90 Å². The molecule has 0 aromatic heterocycles. The molecule has 0 heterocycles. The molecule has 2 N–H and O–H groups in total. The maximum absolute atomic E-state index is 12.3. The summed E-state index contributed by atoms with van der Waals surface area (Å²) in [5, 5.41) is 4.92. The van der Waals surface area contributed by atoms with Gasteiger partial charge in [-0.1, -0.05) is 19.9 Å². The lowest BCUT2D eigenvalue weighted by atomic mass is 10.1. The Morgan fingerprint density at radius 2 is 1.79 bits per heavy atom. The molecule has 9 nitrogen and oxygen atoms in total. The number of esters is 1. The van der Waals surface area contributed by atoms with Crippen molar-refractivity contribution < 1.29 is 27.5 Å². The number of carbonyl (C=O) groups excluding carboxylic acids is 3. The summed E-state index contributed by atoms with van der Waals surface area (Å²) in [6.45, 7) is 4.77. The maximum atomic E-state index is 12.3. The van der Waals surface area contributed by atoms with Crippen LogP contribution < -0.4 is 10.6 Å². The van der Waals surface area contributed by atoms with Crippen molar-refractivity contribution in [2.45, 2.75) is 38.5 Å². The van der Waals surface area contributed by atoms with Crippen molar-refractivity contribution in [3.8, 4) is 0 Å². The van der Waals surface area contributed by atoms with Gasteiger partial charge in [-0.3, -0.25) is 14.4 Å². The summed E-state index contributed by atoms with van der Waals surface area (Å²) in [5.74, 6) is -1.24. The highest BCUT2D eigenvalue weighted by atomic mass is 32.2. The molecule has 0 radical (unpaired) electrons. The average molecular weight is 428 g/mol. The van der Waals surface area contributed by atoms with E-state index in [4.69, 9.17) is 4.74 Å². The summed E-state index contributed by atoms with van der Waals surface area (Å²) >= 11 is 0. The van der Waals surface area contributed by atoms with E-state index in [-0.39, 0.29) is 23.0 Å². The van der Waals surface area contributed by atoms with Crippen LogP contribution in [0.3, 0.4) is 0 Å². The highest BCUT2D eigenvalue weighted by Gasteiger charge is 2.20. The lowest BCUT2D eigenvalue weighted by Gasteiger charge is -2.15. The maximum Gasteiger partial charge on any atom is 0.325 e. The summed E-state index contributed by atoms with van der Waals surface area (Å²) in [6, 6.07) is 4.47. The van der Waals surface area contributed by atoms with Gasteiger partial charge in [0.1, 0.15) is 6.54 Å². The van der Waals surface area contributed by atoms with Gasteiger partial charge in [-0.05, 0) is 37.0 Å². The average Bonchev–Trinajstić information content (AvgIpc) is 2.64. The first-order valence-corrected chi connectivity index (χ1v) is 10.6. The molecule has 1 aromatic carbocycles. The number of nitrogens with one attached hydrogen (secondary N) is 2. The van der Waals surface area contributed by atoms with Gasteiger partial charge in [-0.15, -0.1) is 0 Å². The molecule has 0 bridgehead atoms. The number of nitrogens with zero attached hydrogens (tertiary/aromatic N) is 1. The third-order valence-electron chi connectivity index (χ3n) is 3.97. The zero-order valence-electron chi connectivity index (χ0n) is 17.4. The summed E-state index contributed by atoms with van der Waals surface area (Å²) in [7, 11) is -0.825. The number of hydrogen-bond donors (Lipinski definition) is 2. The van der Waals surface area contributed by atoms with Crippen molar-refractivity contribution in [3.63, 3.8) is 0 Å². The van der Waals surface area contributed by atoms with Crippen molar-refractivity contribution in [3.05, 3.63) is 23.8 Å². The van der Waals surface area contributed by atoms with Crippen molar-refractivity contribution in [1.82, 2.24) is 9.62 Å². The Hall–Kier alpha value is -2.46. The van der Waals surface area contributed by atoms with E-state index in [1.165, 1.54) is 20.2 Å². The number of aryl methyl sites for hydroxylation is 1. The number of benzene rings is 1. The Morgan fingerprint density at radius 3 is 2.38 bits per heavy atom. The number of amides is 2. The standard InChI is InChI=1S/C19H29N3O6S/c1-13(2)6-9-17(23)20-11-19(25)28-12-18(24)21-15-8-7-14(3)16(10-15)29(26,27)22(4)5/h7-8,10,13H,6,9,11-12H2,1-5H3,(H,20,23)(H,21,24). The summed E-state index contributed by atoms with van der Waals surface area (Å²) in [4.78, 5) is 35.3. The van der Waals surface area contributed by atoms with Crippen LogP contribution in [0.1, 0.15) is 32.3 Å². The summed E-state index contributed by atoms with van der Waals surface area (Å²) in [6.07, 6.45) is 1.03. The molecule has 0 aliphatic carbocycles. The molecule has 10 heteroatoms. The fraction of sp³-hybridized carbons (Fsp3) is 0.526. The first-order valence-electron chi connectivity index (χ1n) is 9.18. The van der Waals surface area contributed by atoms with E-state index in [0.29, 0.717) is 24.3 Å². The molecule has 1 rings (SSSR count). The van der Waals surface area contributed by atoms with Gasteiger partial charge >= 0.3 is 5.97 Å². The predicted octanol–water partition coefficient (Wildman–Crippen LogP) is 1.28. The van der Waals surface area contributed by atoms with E-state index in [9.17, 15) is 22.8 Å². The van der Waals surface area contributed by atoms with E-state index in [1.807, 2.05) is 13.8 Å². The monoisotopic (exact) mass is 427 g/mol. The van der Waals surface area contributed by atoms with Crippen LogP contribution in [-0.2, 0) is 29.1 Å². The molecular weight excluding hydrogens is 398 g/mol. The van der Waals surface area contributed by atoms with E-state index in [1.54, 1.807) is 19.1 Å². The summed E-state index contributed by atoms with van der Waals surface area (Å²) in [5.41, 5.74) is 0.801. The van der Waals surface area contributed by atoms with Gasteiger partial charge in [-0.2, -0.15) is 0 Å². The molecular formula is C19H29N3O6S. The van der Waals surface area contributed by atoms with Crippen LogP contribution in [0.5, 0.6) is 0 Å². The van der Waals surface area contributed by atoms with Gasteiger partial charge in [0.15, 0.2) is 6.61 Å². The van der Waals surface area contributed by atoms with Crippen LogP contribution in [0.4, 0.5) is 5.69 Å². The molecule has 1 aromatic rings. The van der Waals surface area contributed by atoms with Gasteiger partial charge in [0.25, 0.3) is 5.91 Å². The third-order valence-corrected chi connectivity index (χ3v) is 5.93. The Morgan fingerprint density at radius 1 is 1.14 bits per heavy atom. The Labute approximate surface area is 171 Å². The second kappa shape index (κ2) is 10.9. The smallest absolute Gasteiger partial charge is 0.325 e. The van der Waals surface area contributed by atoms with Crippen LogP contribution in [0.25, 0.3) is 0 Å². The normalized spacial score (nSPS) is 11.4.